The summed E-state index contributed by atoms with van der Waals surface area (Å²) in [5, 5.41) is 5.82. The standard InChI is InChI=1S/C25H25Cl2N3O4S/c1-3-14-28-25(32)20-6-4-5-7-23(20)29-24(31)16-30(18-10-13-21(26)22(27)15-18)35(33,34)19-11-8-17(2)9-12-19/h4-13,15H,3,14,16H2,1-2H3,(H,28,32)(H,29,31). The second-order valence-corrected chi connectivity index (χ2v) is 10.4. The van der Waals surface area contributed by atoms with Crippen molar-refractivity contribution in [3.8, 4) is 0 Å². The maximum atomic E-state index is 13.5. The summed E-state index contributed by atoms with van der Waals surface area (Å²) < 4.78 is 28.0. The number of aryl methyl sites for hydroxylation is 1. The van der Waals surface area contributed by atoms with E-state index in [9.17, 15) is 18.0 Å². The van der Waals surface area contributed by atoms with Gasteiger partial charge in [-0.2, -0.15) is 0 Å². The Morgan fingerprint density at radius 3 is 2.29 bits per heavy atom. The Labute approximate surface area is 215 Å². The molecule has 0 heterocycles. The summed E-state index contributed by atoms with van der Waals surface area (Å²) in [4.78, 5) is 25.6. The van der Waals surface area contributed by atoms with Crippen molar-refractivity contribution in [1.82, 2.24) is 5.32 Å². The molecular formula is C25H25Cl2N3O4S. The normalized spacial score (nSPS) is 11.1. The predicted octanol–water partition coefficient (Wildman–Crippen LogP) is 5.28. The van der Waals surface area contributed by atoms with E-state index in [0.717, 1.165) is 16.3 Å². The SMILES string of the molecule is CCCNC(=O)c1ccccc1NC(=O)CN(c1ccc(Cl)c(Cl)c1)S(=O)(=O)c1ccc(C)cc1. The minimum atomic E-state index is -4.13. The van der Waals surface area contributed by atoms with Crippen LogP contribution in [0.4, 0.5) is 11.4 Å². The molecule has 184 valence electrons. The first-order chi connectivity index (χ1) is 16.6. The molecule has 7 nitrogen and oxygen atoms in total. The number of anilines is 2. The summed E-state index contributed by atoms with van der Waals surface area (Å²) in [5.74, 6) is -0.973. The minimum absolute atomic E-state index is 0.0151. The van der Waals surface area contributed by atoms with Crippen LogP contribution >= 0.6 is 23.2 Å². The largest absolute Gasteiger partial charge is 0.352 e. The molecule has 35 heavy (non-hydrogen) atoms. The van der Waals surface area contributed by atoms with Crippen molar-refractivity contribution >= 4 is 56.4 Å². The number of rotatable bonds is 9. The zero-order chi connectivity index (χ0) is 25.6. The predicted molar refractivity (Wildman–Crippen MR) is 140 cm³/mol. The lowest BCUT2D eigenvalue weighted by molar-refractivity contribution is -0.114. The first kappa shape index (κ1) is 26.5. The van der Waals surface area contributed by atoms with Gasteiger partial charge in [0, 0.05) is 6.54 Å². The Kier molecular flexibility index (Phi) is 8.77. The third-order valence-electron chi connectivity index (χ3n) is 5.07. The first-order valence-electron chi connectivity index (χ1n) is 10.8. The number of nitrogens with zero attached hydrogens (tertiary/aromatic N) is 1. The number of para-hydroxylation sites is 1. The average Bonchev–Trinajstić information content (AvgIpc) is 2.83. The number of halogens is 2. The van der Waals surface area contributed by atoms with Gasteiger partial charge in [-0.15, -0.1) is 0 Å². The molecule has 10 heteroatoms. The Morgan fingerprint density at radius 1 is 0.943 bits per heavy atom. The van der Waals surface area contributed by atoms with Gasteiger partial charge >= 0.3 is 0 Å². The lowest BCUT2D eigenvalue weighted by Crippen LogP contribution is -2.38. The Hall–Kier alpha value is -3.07. The molecule has 0 aromatic heterocycles. The van der Waals surface area contributed by atoms with Gasteiger partial charge in [-0.3, -0.25) is 13.9 Å². The highest BCUT2D eigenvalue weighted by atomic mass is 35.5. The summed E-state index contributed by atoms with van der Waals surface area (Å²) in [6.07, 6.45) is 0.760. The van der Waals surface area contributed by atoms with E-state index >= 15 is 0 Å². The molecule has 0 bridgehead atoms. The van der Waals surface area contributed by atoms with Crippen LogP contribution in [0, 0.1) is 6.92 Å². The highest BCUT2D eigenvalue weighted by Gasteiger charge is 2.28. The van der Waals surface area contributed by atoms with Gasteiger partial charge in [-0.1, -0.05) is 60.0 Å². The first-order valence-corrected chi connectivity index (χ1v) is 13.0. The Bertz CT molecular complexity index is 1330. The van der Waals surface area contributed by atoms with Gasteiger partial charge in [0.15, 0.2) is 0 Å². The van der Waals surface area contributed by atoms with E-state index in [1.807, 2.05) is 13.8 Å². The molecule has 0 aliphatic rings. The van der Waals surface area contributed by atoms with Gasteiger partial charge in [-0.25, -0.2) is 8.42 Å². The number of carbonyl (C=O) groups is 2. The molecule has 3 aromatic rings. The molecule has 0 spiro atoms. The summed E-state index contributed by atoms with van der Waals surface area (Å²) in [6, 6.07) is 17.1. The Balaban J connectivity index is 1.94. The molecule has 0 aliphatic heterocycles. The van der Waals surface area contributed by atoms with Gasteiger partial charge in [0.05, 0.1) is 31.9 Å². The van der Waals surface area contributed by atoms with E-state index in [-0.39, 0.29) is 37.8 Å². The van der Waals surface area contributed by atoms with Crippen molar-refractivity contribution in [2.24, 2.45) is 0 Å². The van der Waals surface area contributed by atoms with Crippen molar-refractivity contribution in [3.05, 3.63) is 87.9 Å². The summed E-state index contributed by atoms with van der Waals surface area (Å²) in [6.45, 7) is 3.70. The maximum Gasteiger partial charge on any atom is 0.264 e. The number of amides is 2. The molecule has 3 rings (SSSR count). The smallest absolute Gasteiger partial charge is 0.264 e. The second-order valence-electron chi connectivity index (χ2n) is 7.77. The van der Waals surface area contributed by atoms with Crippen molar-refractivity contribution in [3.63, 3.8) is 0 Å². The molecular weight excluding hydrogens is 509 g/mol. The molecule has 0 radical (unpaired) electrons. The van der Waals surface area contributed by atoms with E-state index < -0.39 is 22.5 Å². The van der Waals surface area contributed by atoms with E-state index in [2.05, 4.69) is 10.6 Å². The van der Waals surface area contributed by atoms with Crippen LogP contribution in [0.5, 0.6) is 0 Å². The number of benzene rings is 3. The fourth-order valence-corrected chi connectivity index (χ4v) is 4.94. The minimum Gasteiger partial charge on any atom is -0.352 e. The van der Waals surface area contributed by atoms with Crippen molar-refractivity contribution in [1.29, 1.82) is 0 Å². The molecule has 0 aliphatic carbocycles. The molecule has 0 atom stereocenters. The fourth-order valence-electron chi connectivity index (χ4n) is 3.24. The van der Waals surface area contributed by atoms with Crippen molar-refractivity contribution in [2.45, 2.75) is 25.2 Å². The van der Waals surface area contributed by atoms with E-state index in [0.29, 0.717) is 6.54 Å². The van der Waals surface area contributed by atoms with E-state index in [4.69, 9.17) is 23.2 Å². The molecule has 2 N–H and O–H groups in total. The molecule has 3 aromatic carbocycles. The highest BCUT2D eigenvalue weighted by Crippen LogP contribution is 2.30. The monoisotopic (exact) mass is 533 g/mol. The van der Waals surface area contributed by atoms with Crippen LogP contribution in [0.2, 0.25) is 10.0 Å². The number of sulfonamides is 1. The molecule has 0 unspecified atom stereocenters. The lowest BCUT2D eigenvalue weighted by atomic mass is 10.1. The van der Waals surface area contributed by atoms with Gasteiger partial charge < -0.3 is 10.6 Å². The van der Waals surface area contributed by atoms with Crippen LogP contribution in [0.3, 0.4) is 0 Å². The van der Waals surface area contributed by atoms with Gasteiger partial charge in [0.25, 0.3) is 15.9 Å². The van der Waals surface area contributed by atoms with Crippen LogP contribution in [0.1, 0.15) is 29.3 Å². The molecule has 0 fully saturated rings. The zero-order valence-electron chi connectivity index (χ0n) is 19.2. The summed E-state index contributed by atoms with van der Waals surface area (Å²) >= 11 is 12.2. The lowest BCUT2D eigenvalue weighted by Gasteiger charge is -2.24. The van der Waals surface area contributed by atoms with Gasteiger partial charge in [0.1, 0.15) is 6.54 Å². The molecule has 0 saturated heterocycles. The zero-order valence-corrected chi connectivity index (χ0v) is 21.5. The maximum absolute atomic E-state index is 13.5. The highest BCUT2D eigenvalue weighted by molar-refractivity contribution is 7.92. The van der Waals surface area contributed by atoms with Gasteiger partial charge in [-0.05, 0) is 55.8 Å². The third-order valence-corrected chi connectivity index (χ3v) is 7.60. The van der Waals surface area contributed by atoms with E-state index in [1.54, 1.807) is 36.4 Å². The number of hydrogen-bond donors (Lipinski definition) is 2. The summed E-state index contributed by atoms with van der Waals surface area (Å²) in [7, 11) is -4.13. The van der Waals surface area contributed by atoms with Crippen LogP contribution in [-0.4, -0.2) is 33.3 Å². The second kappa shape index (κ2) is 11.6. The van der Waals surface area contributed by atoms with E-state index in [1.165, 1.54) is 30.3 Å². The van der Waals surface area contributed by atoms with Crippen molar-refractivity contribution in [2.75, 3.05) is 22.7 Å². The summed E-state index contributed by atoms with van der Waals surface area (Å²) in [5.41, 5.74) is 1.61. The number of carbonyl (C=O) groups excluding carboxylic acids is 2. The van der Waals surface area contributed by atoms with Crippen LogP contribution < -0.4 is 14.9 Å². The van der Waals surface area contributed by atoms with Gasteiger partial charge in [0.2, 0.25) is 5.91 Å². The fraction of sp³-hybridized carbons (Fsp3) is 0.200. The Morgan fingerprint density at radius 2 is 1.63 bits per heavy atom. The van der Waals surface area contributed by atoms with Crippen LogP contribution in [-0.2, 0) is 14.8 Å². The number of nitrogens with one attached hydrogen (secondary N) is 2. The van der Waals surface area contributed by atoms with Crippen molar-refractivity contribution < 1.29 is 18.0 Å². The quantitative estimate of drug-likeness (QED) is 0.391. The average molecular weight is 534 g/mol. The van der Waals surface area contributed by atoms with Crippen LogP contribution in [0.15, 0.2) is 71.6 Å². The molecule has 2 amide bonds. The topological polar surface area (TPSA) is 95.6 Å². The number of hydrogen-bond acceptors (Lipinski definition) is 4. The molecule has 0 saturated carbocycles. The van der Waals surface area contributed by atoms with Crippen LogP contribution in [0.25, 0.3) is 0 Å². The third kappa shape index (κ3) is 6.54.